The molecule has 3 aromatic rings. The summed E-state index contributed by atoms with van der Waals surface area (Å²) >= 11 is 0. The Bertz CT molecular complexity index is 892. The topological polar surface area (TPSA) is 93.3 Å². The predicted molar refractivity (Wildman–Crippen MR) is 95.4 cm³/mol. The third kappa shape index (κ3) is 4.18. The number of esters is 1. The molecule has 7 heteroatoms. The molecule has 1 amide bonds. The number of nitrogens with one attached hydrogen (secondary N) is 2. The summed E-state index contributed by atoms with van der Waals surface area (Å²) in [6.07, 6.45) is 3.03. The van der Waals surface area contributed by atoms with Crippen LogP contribution in [0.4, 0.5) is 4.79 Å². The molecule has 0 fully saturated rings. The lowest BCUT2D eigenvalue weighted by atomic mass is 10.1. The van der Waals surface area contributed by atoms with E-state index in [1.165, 1.54) is 7.11 Å². The number of fused-ring (bicyclic) bond motifs is 1. The van der Waals surface area contributed by atoms with Crippen molar-refractivity contribution in [1.82, 2.24) is 15.3 Å². The molecule has 0 unspecified atom stereocenters. The minimum absolute atomic E-state index is 0.123. The Morgan fingerprint density at radius 3 is 2.77 bits per heavy atom. The van der Waals surface area contributed by atoms with Crippen molar-refractivity contribution >= 4 is 23.1 Å². The second kappa shape index (κ2) is 8.15. The number of aromatic nitrogens is 2. The maximum atomic E-state index is 12.1. The molecule has 134 valence electrons. The van der Waals surface area contributed by atoms with Crippen molar-refractivity contribution in [3.8, 4) is 0 Å². The Hall–Kier alpha value is -3.35. The van der Waals surface area contributed by atoms with E-state index in [9.17, 15) is 9.59 Å². The third-order valence-corrected chi connectivity index (χ3v) is 3.95. The lowest BCUT2D eigenvalue weighted by molar-refractivity contribution is -0.142. The first-order valence-electron chi connectivity index (χ1n) is 8.13. The van der Waals surface area contributed by atoms with Crippen LogP contribution in [0.5, 0.6) is 0 Å². The summed E-state index contributed by atoms with van der Waals surface area (Å²) < 4.78 is 9.98. The number of ether oxygens (including phenoxy) is 2. The lowest BCUT2D eigenvalue weighted by Crippen LogP contribution is -2.43. The number of carbonyl (C=O) groups excluding carboxylic acids is 2. The van der Waals surface area contributed by atoms with E-state index < -0.39 is 18.1 Å². The van der Waals surface area contributed by atoms with Crippen LogP contribution in [0.3, 0.4) is 0 Å². The Morgan fingerprint density at radius 1 is 1.19 bits per heavy atom. The van der Waals surface area contributed by atoms with Crippen LogP contribution in [0.25, 0.3) is 11.0 Å². The first-order valence-corrected chi connectivity index (χ1v) is 8.13. The summed E-state index contributed by atoms with van der Waals surface area (Å²) in [5, 5.41) is 3.46. The van der Waals surface area contributed by atoms with Gasteiger partial charge in [0, 0.05) is 24.2 Å². The molecule has 0 saturated heterocycles. The summed E-state index contributed by atoms with van der Waals surface area (Å²) in [5.41, 5.74) is 2.43. The van der Waals surface area contributed by atoms with E-state index in [2.05, 4.69) is 15.3 Å². The number of nitrogens with zero attached hydrogens (tertiary/aromatic N) is 1. The number of hydrogen-bond acceptors (Lipinski definition) is 5. The molecule has 2 N–H and O–H groups in total. The molecule has 0 radical (unpaired) electrons. The number of amides is 1. The van der Waals surface area contributed by atoms with Gasteiger partial charge in [0.1, 0.15) is 18.3 Å². The van der Waals surface area contributed by atoms with Crippen molar-refractivity contribution in [2.24, 2.45) is 0 Å². The van der Waals surface area contributed by atoms with Gasteiger partial charge in [0.25, 0.3) is 0 Å². The highest BCUT2D eigenvalue weighted by Crippen LogP contribution is 2.17. The molecule has 3 rings (SSSR count). The molecule has 1 aromatic carbocycles. The summed E-state index contributed by atoms with van der Waals surface area (Å²) in [6.45, 7) is 0.123. The van der Waals surface area contributed by atoms with Crippen molar-refractivity contribution in [3.05, 3.63) is 66.0 Å². The van der Waals surface area contributed by atoms with Crippen LogP contribution < -0.4 is 5.32 Å². The van der Waals surface area contributed by atoms with Gasteiger partial charge in [0.15, 0.2) is 0 Å². The number of hydrogen-bond donors (Lipinski definition) is 2. The summed E-state index contributed by atoms with van der Waals surface area (Å²) in [7, 11) is 1.28. The van der Waals surface area contributed by atoms with Crippen LogP contribution in [-0.2, 0) is 27.3 Å². The molecule has 0 saturated carbocycles. The third-order valence-electron chi connectivity index (χ3n) is 3.95. The molecule has 0 bridgehead atoms. The zero-order valence-electron chi connectivity index (χ0n) is 14.3. The van der Waals surface area contributed by atoms with Gasteiger partial charge in [-0.05, 0) is 23.3 Å². The monoisotopic (exact) mass is 353 g/mol. The minimum atomic E-state index is -0.859. The smallest absolute Gasteiger partial charge is 0.408 e. The van der Waals surface area contributed by atoms with Crippen molar-refractivity contribution in [1.29, 1.82) is 0 Å². The van der Waals surface area contributed by atoms with Gasteiger partial charge in [-0.25, -0.2) is 14.6 Å². The molecule has 7 nitrogen and oxygen atoms in total. The van der Waals surface area contributed by atoms with Crippen molar-refractivity contribution in [3.63, 3.8) is 0 Å². The summed E-state index contributed by atoms with van der Waals surface area (Å²) in [5.74, 6) is -0.542. The van der Waals surface area contributed by atoms with E-state index in [-0.39, 0.29) is 13.0 Å². The SMILES string of the molecule is COC(=O)[C@@H](Cc1c[nH]c2ncccc12)NC(=O)OCc1ccccc1. The molecular formula is C19H19N3O4. The second-order valence-electron chi connectivity index (χ2n) is 5.70. The maximum absolute atomic E-state index is 12.1. The number of H-pyrrole nitrogens is 1. The molecule has 26 heavy (non-hydrogen) atoms. The van der Waals surface area contributed by atoms with Crippen LogP contribution in [0, 0.1) is 0 Å². The van der Waals surface area contributed by atoms with E-state index in [4.69, 9.17) is 9.47 Å². The van der Waals surface area contributed by atoms with Gasteiger partial charge in [-0.15, -0.1) is 0 Å². The van der Waals surface area contributed by atoms with Gasteiger partial charge in [-0.2, -0.15) is 0 Å². The van der Waals surface area contributed by atoms with Gasteiger partial charge < -0.3 is 19.8 Å². The number of benzene rings is 1. The van der Waals surface area contributed by atoms with Crippen LogP contribution in [0.2, 0.25) is 0 Å². The Labute approximate surface area is 150 Å². The zero-order valence-corrected chi connectivity index (χ0v) is 14.3. The normalized spacial score (nSPS) is 11.7. The fourth-order valence-corrected chi connectivity index (χ4v) is 2.64. The molecule has 1 atom stereocenters. The van der Waals surface area contributed by atoms with Gasteiger partial charge in [0.05, 0.1) is 7.11 Å². The largest absolute Gasteiger partial charge is 0.467 e. The maximum Gasteiger partial charge on any atom is 0.408 e. The van der Waals surface area contributed by atoms with Gasteiger partial charge in [0.2, 0.25) is 0 Å². The predicted octanol–water partition coefficient (Wildman–Crippen LogP) is 2.57. The summed E-state index contributed by atoms with van der Waals surface area (Å²) in [6, 6.07) is 12.2. The highest BCUT2D eigenvalue weighted by Gasteiger charge is 2.24. The molecule has 2 aromatic heterocycles. The molecule has 2 heterocycles. The molecule has 0 spiro atoms. The molecule has 0 aliphatic heterocycles. The lowest BCUT2D eigenvalue weighted by Gasteiger charge is -2.16. The highest BCUT2D eigenvalue weighted by atomic mass is 16.6. The van der Waals surface area contributed by atoms with Crippen LogP contribution in [-0.4, -0.2) is 35.2 Å². The fraction of sp³-hybridized carbons (Fsp3) is 0.211. The van der Waals surface area contributed by atoms with E-state index in [0.29, 0.717) is 0 Å². The van der Waals surface area contributed by atoms with Crippen LogP contribution >= 0.6 is 0 Å². The zero-order chi connectivity index (χ0) is 18.4. The first kappa shape index (κ1) is 17.5. The van der Waals surface area contributed by atoms with Crippen molar-refractivity contribution in [2.75, 3.05) is 7.11 Å². The van der Waals surface area contributed by atoms with E-state index >= 15 is 0 Å². The number of alkyl carbamates (subject to hydrolysis) is 1. The average Bonchev–Trinajstić information content (AvgIpc) is 3.09. The van der Waals surface area contributed by atoms with Gasteiger partial charge in [-0.3, -0.25) is 0 Å². The fourth-order valence-electron chi connectivity index (χ4n) is 2.64. The number of carbonyl (C=O) groups is 2. The number of methoxy groups -OCH3 is 1. The Kier molecular flexibility index (Phi) is 5.48. The quantitative estimate of drug-likeness (QED) is 0.665. The van der Waals surface area contributed by atoms with Crippen molar-refractivity contribution in [2.45, 2.75) is 19.1 Å². The van der Waals surface area contributed by atoms with Gasteiger partial charge >= 0.3 is 12.1 Å². The van der Waals surface area contributed by atoms with Crippen LogP contribution in [0.1, 0.15) is 11.1 Å². The Balaban J connectivity index is 1.66. The van der Waals surface area contributed by atoms with E-state index in [0.717, 1.165) is 22.2 Å². The van der Waals surface area contributed by atoms with Crippen LogP contribution in [0.15, 0.2) is 54.9 Å². The molecule has 0 aliphatic rings. The first-order chi connectivity index (χ1) is 12.7. The Morgan fingerprint density at radius 2 is 2.00 bits per heavy atom. The standard InChI is InChI=1S/C19H19N3O4/c1-25-18(23)16(10-14-11-21-17-15(14)8-5-9-20-17)22-19(24)26-12-13-6-3-2-4-7-13/h2-9,11,16H,10,12H2,1H3,(H,20,21)(H,22,24)/t16-/m1/s1. The minimum Gasteiger partial charge on any atom is -0.467 e. The van der Waals surface area contributed by atoms with Gasteiger partial charge in [-0.1, -0.05) is 30.3 Å². The second-order valence-corrected chi connectivity index (χ2v) is 5.70. The number of rotatable bonds is 6. The van der Waals surface area contributed by atoms with Crippen molar-refractivity contribution < 1.29 is 19.1 Å². The van der Waals surface area contributed by atoms with E-state index in [1.807, 2.05) is 42.5 Å². The number of pyridine rings is 1. The average molecular weight is 353 g/mol. The van der Waals surface area contributed by atoms with E-state index in [1.54, 1.807) is 12.4 Å². The molecular weight excluding hydrogens is 334 g/mol. The number of aromatic amines is 1. The highest BCUT2D eigenvalue weighted by molar-refractivity contribution is 5.84. The molecule has 0 aliphatic carbocycles. The summed E-state index contributed by atoms with van der Waals surface area (Å²) in [4.78, 5) is 31.4.